The van der Waals surface area contributed by atoms with Crippen LogP contribution < -0.4 is 5.32 Å². The van der Waals surface area contributed by atoms with Crippen molar-refractivity contribution in [3.8, 4) is 0 Å². The number of aromatic nitrogens is 2. The molecule has 1 fully saturated rings. The Morgan fingerprint density at radius 2 is 2.12 bits per heavy atom. The van der Waals surface area contributed by atoms with Crippen LogP contribution in [0.1, 0.15) is 23.5 Å². The summed E-state index contributed by atoms with van der Waals surface area (Å²) in [6, 6.07) is 2.02. The average Bonchev–Trinajstić information content (AvgIpc) is 3.10. The standard InChI is InChI=1S/C16H23N5OS2/c1-11(10-20-4-6-21(7-5-20)12(2)23)18-15(22)14-8-13-9-17-19(3)16(13)24-14/h8-9,11H,4-7,10H2,1-3H3,(H,18,22). The zero-order valence-corrected chi connectivity index (χ0v) is 15.9. The highest BCUT2D eigenvalue weighted by Crippen LogP contribution is 2.24. The lowest BCUT2D eigenvalue weighted by Crippen LogP contribution is -2.51. The summed E-state index contributed by atoms with van der Waals surface area (Å²) in [7, 11) is 1.89. The molecule has 0 saturated carbocycles. The maximum Gasteiger partial charge on any atom is 0.261 e. The van der Waals surface area contributed by atoms with Gasteiger partial charge in [0.05, 0.1) is 16.1 Å². The number of nitrogens with one attached hydrogen (secondary N) is 1. The largest absolute Gasteiger partial charge is 0.364 e. The van der Waals surface area contributed by atoms with E-state index >= 15 is 0 Å². The number of aryl methyl sites for hydroxylation is 1. The third-order valence-electron chi connectivity index (χ3n) is 4.36. The number of thiocarbonyl (C=S) groups is 1. The summed E-state index contributed by atoms with van der Waals surface area (Å²) in [5, 5.41) is 8.32. The third-order valence-corrected chi connectivity index (χ3v) is 5.83. The third kappa shape index (κ3) is 3.76. The fourth-order valence-corrected chi connectivity index (χ4v) is 4.16. The summed E-state index contributed by atoms with van der Waals surface area (Å²) in [4.78, 5) is 19.8. The minimum absolute atomic E-state index is 0.00271. The summed E-state index contributed by atoms with van der Waals surface area (Å²) in [5.74, 6) is -0.00271. The zero-order chi connectivity index (χ0) is 17.3. The van der Waals surface area contributed by atoms with Gasteiger partial charge in [0.25, 0.3) is 5.91 Å². The molecule has 1 amide bonds. The second-order valence-electron chi connectivity index (χ2n) is 6.32. The highest BCUT2D eigenvalue weighted by atomic mass is 32.1. The van der Waals surface area contributed by atoms with Gasteiger partial charge in [-0.15, -0.1) is 11.3 Å². The lowest BCUT2D eigenvalue weighted by Gasteiger charge is -2.36. The molecule has 1 aliphatic heterocycles. The SMILES string of the molecule is CC(=S)N1CCN(CC(C)NC(=O)c2cc3cnn(C)c3s2)CC1. The number of amides is 1. The van der Waals surface area contributed by atoms with Crippen molar-refractivity contribution < 1.29 is 4.79 Å². The van der Waals surface area contributed by atoms with Crippen LogP contribution in [0.3, 0.4) is 0 Å². The number of fused-ring (bicyclic) bond motifs is 1. The molecule has 1 atom stereocenters. The molecule has 1 N–H and O–H groups in total. The monoisotopic (exact) mass is 365 g/mol. The maximum atomic E-state index is 12.4. The van der Waals surface area contributed by atoms with Gasteiger partial charge >= 0.3 is 0 Å². The van der Waals surface area contributed by atoms with E-state index in [1.807, 2.05) is 20.0 Å². The zero-order valence-electron chi connectivity index (χ0n) is 14.3. The molecule has 2 aromatic heterocycles. The normalized spacial score (nSPS) is 17.2. The van der Waals surface area contributed by atoms with E-state index in [1.165, 1.54) is 11.3 Å². The van der Waals surface area contributed by atoms with Crippen molar-refractivity contribution in [3.05, 3.63) is 17.1 Å². The number of carbonyl (C=O) groups excluding carboxylic acids is 1. The summed E-state index contributed by atoms with van der Waals surface area (Å²) in [5.41, 5.74) is 0. The molecular weight excluding hydrogens is 342 g/mol. The molecule has 3 rings (SSSR count). The van der Waals surface area contributed by atoms with Crippen molar-refractivity contribution in [2.45, 2.75) is 19.9 Å². The van der Waals surface area contributed by atoms with Gasteiger partial charge in [-0.05, 0) is 19.9 Å². The van der Waals surface area contributed by atoms with Gasteiger partial charge in [0.1, 0.15) is 4.83 Å². The van der Waals surface area contributed by atoms with Crippen molar-refractivity contribution in [1.82, 2.24) is 24.9 Å². The molecule has 2 aromatic rings. The van der Waals surface area contributed by atoms with Crippen LogP contribution in [-0.4, -0.2) is 69.2 Å². The van der Waals surface area contributed by atoms with Gasteiger partial charge in [0.2, 0.25) is 0 Å². The number of thiophene rings is 1. The Morgan fingerprint density at radius 1 is 1.42 bits per heavy atom. The van der Waals surface area contributed by atoms with Crippen LogP contribution in [0.2, 0.25) is 0 Å². The summed E-state index contributed by atoms with van der Waals surface area (Å²) in [6.45, 7) is 8.82. The van der Waals surface area contributed by atoms with Crippen LogP contribution in [0.15, 0.2) is 12.3 Å². The number of hydrogen-bond acceptors (Lipinski definition) is 5. The Bertz CT molecular complexity index is 745. The van der Waals surface area contributed by atoms with E-state index in [9.17, 15) is 4.79 Å². The molecule has 8 heteroatoms. The molecule has 0 aromatic carbocycles. The molecule has 3 heterocycles. The second-order valence-corrected chi connectivity index (χ2v) is 7.94. The van der Waals surface area contributed by atoms with E-state index in [0.29, 0.717) is 0 Å². The molecule has 1 saturated heterocycles. The fraction of sp³-hybridized carbons (Fsp3) is 0.562. The Balaban J connectivity index is 1.52. The van der Waals surface area contributed by atoms with Crippen LogP contribution in [0, 0.1) is 0 Å². The van der Waals surface area contributed by atoms with Crippen LogP contribution in [0.4, 0.5) is 0 Å². The summed E-state index contributed by atoms with van der Waals surface area (Å²) < 4.78 is 1.80. The molecule has 130 valence electrons. The molecule has 0 aliphatic carbocycles. The van der Waals surface area contributed by atoms with E-state index in [4.69, 9.17) is 12.2 Å². The molecule has 0 bridgehead atoms. The van der Waals surface area contributed by atoms with Crippen LogP contribution in [0.5, 0.6) is 0 Å². The van der Waals surface area contributed by atoms with E-state index in [0.717, 1.165) is 52.8 Å². The number of piperazine rings is 1. The topological polar surface area (TPSA) is 53.4 Å². The average molecular weight is 366 g/mol. The minimum atomic E-state index is -0.00271. The van der Waals surface area contributed by atoms with Gasteiger partial charge < -0.3 is 10.2 Å². The number of carbonyl (C=O) groups is 1. The van der Waals surface area contributed by atoms with E-state index in [2.05, 4.69) is 27.1 Å². The number of rotatable bonds is 4. The van der Waals surface area contributed by atoms with Crippen LogP contribution in [-0.2, 0) is 7.05 Å². The Kier molecular flexibility index (Phi) is 5.17. The van der Waals surface area contributed by atoms with Crippen molar-refractivity contribution in [3.63, 3.8) is 0 Å². The predicted molar refractivity (Wildman–Crippen MR) is 102 cm³/mol. The molecule has 1 aliphatic rings. The Morgan fingerprint density at radius 3 is 2.75 bits per heavy atom. The van der Waals surface area contributed by atoms with Gasteiger partial charge in [-0.1, -0.05) is 12.2 Å². The van der Waals surface area contributed by atoms with Crippen LogP contribution >= 0.6 is 23.6 Å². The first-order valence-corrected chi connectivity index (χ1v) is 9.37. The fourth-order valence-electron chi connectivity index (χ4n) is 3.03. The predicted octanol–water partition coefficient (Wildman–Crippen LogP) is 1.72. The Labute approximate surface area is 151 Å². The van der Waals surface area contributed by atoms with E-state index in [1.54, 1.807) is 10.9 Å². The van der Waals surface area contributed by atoms with Crippen molar-refractivity contribution >= 4 is 44.7 Å². The van der Waals surface area contributed by atoms with Crippen molar-refractivity contribution in [2.24, 2.45) is 7.05 Å². The summed E-state index contributed by atoms with van der Waals surface area (Å²) >= 11 is 6.71. The van der Waals surface area contributed by atoms with Crippen molar-refractivity contribution in [2.75, 3.05) is 32.7 Å². The molecule has 0 spiro atoms. The lowest BCUT2D eigenvalue weighted by molar-refractivity contribution is 0.0925. The molecular formula is C16H23N5OS2. The highest BCUT2D eigenvalue weighted by Gasteiger charge is 2.20. The van der Waals surface area contributed by atoms with E-state index in [-0.39, 0.29) is 11.9 Å². The second kappa shape index (κ2) is 7.16. The molecule has 24 heavy (non-hydrogen) atoms. The Hall–Kier alpha value is -1.51. The van der Waals surface area contributed by atoms with Crippen LogP contribution in [0.25, 0.3) is 10.2 Å². The smallest absolute Gasteiger partial charge is 0.261 e. The first-order chi connectivity index (χ1) is 11.4. The molecule has 1 unspecified atom stereocenters. The first-order valence-electron chi connectivity index (χ1n) is 8.14. The number of nitrogens with zero attached hydrogens (tertiary/aromatic N) is 4. The van der Waals surface area contributed by atoms with Gasteiger partial charge in [0.15, 0.2) is 0 Å². The maximum absolute atomic E-state index is 12.4. The van der Waals surface area contributed by atoms with Gasteiger partial charge in [-0.3, -0.25) is 14.4 Å². The minimum Gasteiger partial charge on any atom is -0.364 e. The van der Waals surface area contributed by atoms with Gasteiger partial charge in [-0.25, -0.2) is 0 Å². The van der Waals surface area contributed by atoms with Crippen molar-refractivity contribution in [1.29, 1.82) is 0 Å². The number of hydrogen-bond donors (Lipinski definition) is 1. The van der Waals surface area contributed by atoms with Gasteiger partial charge in [0, 0.05) is 51.2 Å². The first kappa shape index (κ1) is 17.3. The molecule has 6 nitrogen and oxygen atoms in total. The highest BCUT2D eigenvalue weighted by molar-refractivity contribution is 7.80. The quantitative estimate of drug-likeness (QED) is 0.836. The lowest BCUT2D eigenvalue weighted by atomic mass is 10.2. The van der Waals surface area contributed by atoms with Gasteiger partial charge in [-0.2, -0.15) is 5.10 Å². The van der Waals surface area contributed by atoms with E-state index < -0.39 is 0 Å². The molecule has 0 radical (unpaired) electrons. The summed E-state index contributed by atoms with van der Waals surface area (Å²) in [6.07, 6.45) is 1.80.